The lowest BCUT2D eigenvalue weighted by Crippen LogP contribution is -2.54. The number of hydrogen-bond acceptors (Lipinski definition) is 8. The molecule has 0 unspecified atom stereocenters. The summed E-state index contributed by atoms with van der Waals surface area (Å²) in [4.78, 5) is 48.3. The van der Waals surface area contributed by atoms with Crippen LogP contribution in [0.3, 0.4) is 0 Å². The monoisotopic (exact) mass is 559 g/mol. The fourth-order valence-corrected chi connectivity index (χ4v) is 5.81. The molecule has 0 radical (unpaired) electrons. The van der Waals surface area contributed by atoms with Crippen LogP contribution in [0.5, 0.6) is 0 Å². The molecule has 2 aliphatic heterocycles. The number of amides is 1. The second kappa shape index (κ2) is 12.9. The Morgan fingerprint density at radius 1 is 0.780 bits per heavy atom. The highest BCUT2D eigenvalue weighted by Crippen LogP contribution is 2.27. The first-order valence-corrected chi connectivity index (χ1v) is 14.7. The van der Waals surface area contributed by atoms with Crippen LogP contribution in [0.15, 0.2) is 52.9 Å². The van der Waals surface area contributed by atoms with Crippen LogP contribution in [-0.2, 0) is 9.59 Å². The maximum atomic E-state index is 13.2. The maximum absolute atomic E-state index is 13.2. The summed E-state index contributed by atoms with van der Waals surface area (Å²) in [6.45, 7) is 14.8. The Balaban J connectivity index is 1.13. The van der Waals surface area contributed by atoms with Gasteiger partial charge in [0, 0.05) is 93.8 Å². The van der Waals surface area contributed by atoms with Crippen molar-refractivity contribution in [3.63, 3.8) is 0 Å². The highest BCUT2D eigenvalue weighted by Gasteiger charge is 2.25. The molecule has 2 saturated heterocycles. The number of piperazine rings is 2. The van der Waals surface area contributed by atoms with E-state index < -0.39 is 0 Å². The molecule has 3 aromatic rings. The summed E-state index contributed by atoms with van der Waals surface area (Å²) >= 11 is 0. The van der Waals surface area contributed by atoms with E-state index in [1.807, 2.05) is 47.4 Å². The van der Waals surface area contributed by atoms with E-state index in [-0.39, 0.29) is 17.5 Å². The zero-order chi connectivity index (χ0) is 28.9. The van der Waals surface area contributed by atoms with Gasteiger partial charge in [-0.3, -0.25) is 24.2 Å². The first-order chi connectivity index (χ1) is 19.8. The minimum absolute atomic E-state index is 0.130. The molecule has 0 saturated carbocycles. The molecule has 0 N–H and O–H groups in total. The van der Waals surface area contributed by atoms with Gasteiger partial charge in [0.25, 0.3) is 0 Å². The molecular formula is C32H41N5O4. The van der Waals surface area contributed by atoms with E-state index in [0.29, 0.717) is 37.5 Å². The van der Waals surface area contributed by atoms with Gasteiger partial charge in [-0.2, -0.15) is 0 Å². The quantitative estimate of drug-likeness (QED) is 0.350. The smallest absolute Gasteiger partial charge is 0.236 e. The van der Waals surface area contributed by atoms with Gasteiger partial charge in [0.1, 0.15) is 11.4 Å². The third-order valence-corrected chi connectivity index (χ3v) is 8.25. The predicted octanol–water partition coefficient (Wildman–Crippen LogP) is 3.37. The summed E-state index contributed by atoms with van der Waals surface area (Å²) < 4.78 is 5.98. The second-order valence-electron chi connectivity index (χ2n) is 11.0. The van der Waals surface area contributed by atoms with Gasteiger partial charge in [-0.15, -0.1) is 0 Å². The van der Waals surface area contributed by atoms with Gasteiger partial charge in [0.15, 0.2) is 5.76 Å². The minimum Gasteiger partial charge on any atom is -0.452 e. The number of carbonyl (C=O) groups is 3. The van der Waals surface area contributed by atoms with Gasteiger partial charge in [0.2, 0.25) is 11.7 Å². The molecule has 0 atom stereocenters. The molecule has 41 heavy (non-hydrogen) atoms. The number of Topliss-reactive ketones (excluding diaryl/α,β-unsaturated/α-hetero) is 1. The molecule has 0 bridgehead atoms. The van der Waals surface area contributed by atoms with Crippen LogP contribution < -0.4 is 9.80 Å². The summed E-state index contributed by atoms with van der Waals surface area (Å²) in [6.07, 6.45) is 0. The van der Waals surface area contributed by atoms with E-state index in [9.17, 15) is 14.4 Å². The van der Waals surface area contributed by atoms with Crippen LogP contribution >= 0.6 is 0 Å². The van der Waals surface area contributed by atoms with Crippen molar-refractivity contribution >= 4 is 39.8 Å². The second-order valence-corrected chi connectivity index (χ2v) is 11.0. The largest absolute Gasteiger partial charge is 0.452 e. The summed E-state index contributed by atoms with van der Waals surface area (Å²) in [5.74, 6) is 0.566. The van der Waals surface area contributed by atoms with E-state index in [1.54, 1.807) is 6.92 Å². The average Bonchev–Trinajstić information content (AvgIpc) is 3.42. The van der Waals surface area contributed by atoms with Crippen LogP contribution in [0.25, 0.3) is 11.0 Å². The zero-order valence-corrected chi connectivity index (χ0v) is 24.5. The SMILES string of the molecule is CCN(CC)c1ccc2cc(C(=O)c3ccc(N4CCN(C(=O)CN5CCN(CC(C)=O)CC5)CC4)cc3)oc2c1. The van der Waals surface area contributed by atoms with E-state index in [0.717, 1.165) is 74.7 Å². The molecule has 0 aliphatic carbocycles. The molecule has 9 heteroatoms. The standard InChI is InChI=1S/C32H41N5O4/c1-4-35(5-2)28-11-8-26-20-30(41-29(26)21-28)32(40)25-6-9-27(10-7-25)36-16-18-37(19-17-36)31(39)23-34-14-12-33(13-15-34)22-24(3)38/h6-11,20-21H,4-5,12-19,22-23H2,1-3H3. The molecule has 1 aromatic heterocycles. The van der Waals surface area contributed by atoms with Crippen LogP contribution in [0.4, 0.5) is 11.4 Å². The lowest BCUT2D eigenvalue weighted by Gasteiger charge is -2.38. The van der Waals surface area contributed by atoms with Gasteiger partial charge < -0.3 is 19.1 Å². The Hall–Kier alpha value is -3.69. The fourth-order valence-electron chi connectivity index (χ4n) is 5.81. The van der Waals surface area contributed by atoms with Crippen LogP contribution in [-0.4, -0.2) is 111 Å². The number of benzene rings is 2. The van der Waals surface area contributed by atoms with Gasteiger partial charge in [-0.1, -0.05) is 0 Å². The number of carbonyl (C=O) groups excluding carboxylic acids is 3. The summed E-state index contributed by atoms with van der Waals surface area (Å²) in [6, 6.07) is 15.6. The number of furan rings is 1. The van der Waals surface area contributed by atoms with E-state index >= 15 is 0 Å². The minimum atomic E-state index is -0.130. The number of ketones is 2. The van der Waals surface area contributed by atoms with Crippen molar-refractivity contribution in [2.45, 2.75) is 20.8 Å². The highest BCUT2D eigenvalue weighted by molar-refractivity contribution is 6.09. The van der Waals surface area contributed by atoms with E-state index in [4.69, 9.17) is 4.42 Å². The summed E-state index contributed by atoms with van der Waals surface area (Å²) in [5, 5.41) is 0.920. The van der Waals surface area contributed by atoms with Crippen molar-refractivity contribution in [2.75, 3.05) is 88.3 Å². The van der Waals surface area contributed by atoms with E-state index in [1.165, 1.54) is 0 Å². The molecule has 9 nitrogen and oxygen atoms in total. The molecule has 218 valence electrons. The molecule has 1 amide bonds. The van der Waals surface area contributed by atoms with Crippen molar-refractivity contribution in [3.05, 3.63) is 59.9 Å². The Morgan fingerprint density at radius 2 is 1.41 bits per heavy atom. The molecule has 5 rings (SSSR count). The Bertz CT molecular complexity index is 1360. The van der Waals surface area contributed by atoms with Gasteiger partial charge in [0.05, 0.1) is 13.1 Å². The average molecular weight is 560 g/mol. The summed E-state index contributed by atoms with van der Waals surface area (Å²) in [7, 11) is 0. The third-order valence-electron chi connectivity index (χ3n) is 8.25. The first-order valence-electron chi connectivity index (χ1n) is 14.7. The van der Waals surface area contributed by atoms with Crippen molar-refractivity contribution in [1.82, 2.24) is 14.7 Å². The number of fused-ring (bicyclic) bond motifs is 1. The molecule has 2 aliphatic rings. The molecular weight excluding hydrogens is 518 g/mol. The number of hydrogen-bond donors (Lipinski definition) is 0. The zero-order valence-electron chi connectivity index (χ0n) is 24.5. The molecule has 3 heterocycles. The molecule has 2 aromatic carbocycles. The fraction of sp³-hybridized carbons (Fsp3) is 0.469. The molecule has 0 spiro atoms. The normalized spacial score (nSPS) is 16.8. The number of anilines is 2. The van der Waals surface area contributed by atoms with Crippen molar-refractivity contribution < 1.29 is 18.8 Å². The first kappa shape index (κ1) is 28.8. The van der Waals surface area contributed by atoms with Gasteiger partial charge in [-0.05, 0) is 63.2 Å². The van der Waals surface area contributed by atoms with Crippen molar-refractivity contribution in [3.8, 4) is 0 Å². The lowest BCUT2D eigenvalue weighted by molar-refractivity contribution is -0.133. The third kappa shape index (κ3) is 6.80. The Morgan fingerprint density at radius 3 is 2.02 bits per heavy atom. The maximum Gasteiger partial charge on any atom is 0.236 e. The van der Waals surface area contributed by atoms with E-state index in [2.05, 4.69) is 39.5 Å². The van der Waals surface area contributed by atoms with Crippen molar-refractivity contribution in [1.29, 1.82) is 0 Å². The number of nitrogens with zero attached hydrogens (tertiary/aromatic N) is 5. The summed E-state index contributed by atoms with van der Waals surface area (Å²) in [5.41, 5.74) is 3.45. The van der Waals surface area contributed by atoms with Gasteiger partial charge >= 0.3 is 0 Å². The van der Waals surface area contributed by atoms with Crippen LogP contribution in [0.1, 0.15) is 36.9 Å². The van der Waals surface area contributed by atoms with Crippen LogP contribution in [0.2, 0.25) is 0 Å². The molecule has 2 fully saturated rings. The van der Waals surface area contributed by atoms with Gasteiger partial charge in [-0.25, -0.2) is 0 Å². The predicted molar refractivity (Wildman–Crippen MR) is 162 cm³/mol. The highest BCUT2D eigenvalue weighted by atomic mass is 16.3. The Kier molecular flexibility index (Phi) is 9.05. The topological polar surface area (TPSA) is 80.6 Å². The lowest BCUT2D eigenvalue weighted by atomic mass is 10.1. The number of rotatable bonds is 10. The van der Waals surface area contributed by atoms with Crippen LogP contribution in [0, 0.1) is 0 Å². The van der Waals surface area contributed by atoms with Crippen molar-refractivity contribution in [2.24, 2.45) is 0 Å². The Labute approximate surface area is 242 Å².